The van der Waals surface area contributed by atoms with Gasteiger partial charge in [0, 0.05) is 24.2 Å². The average molecular weight is 499 g/mol. The molecule has 0 saturated heterocycles. The van der Waals surface area contributed by atoms with E-state index in [4.69, 9.17) is 4.74 Å². The van der Waals surface area contributed by atoms with Gasteiger partial charge in [0.05, 0.1) is 16.8 Å². The number of alkyl halides is 3. The van der Waals surface area contributed by atoms with Crippen LogP contribution in [0.3, 0.4) is 0 Å². The van der Waals surface area contributed by atoms with Crippen molar-refractivity contribution in [3.05, 3.63) is 83.8 Å². The van der Waals surface area contributed by atoms with Crippen LogP contribution in [-0.2, 0) is 19.3 Å². The molecule has 1 amide bonds. The lowest BCUT2D eigenvalue weighted by molar-refractivity contribution is -0.141. The number of nitrogens with zero attached hydrogens (tertiary/aromatic N) is 3. The van der Waals surface area contributed by atoms with Crippen LogP contribution in [0.5, 0.6) is 5.75 Å². The number of benzene rings is 2. The predicted molar refractivity (Wildman–Crippen MR) is 129 cm³/mol. The number of hydrogen-bond acceptors (Lipinski definition) is 5. The number of nitrogens with one attached hydrogen (secondary N) is 1. The number of hydrogen-bond donors (Lipinski definition) is 2. The normalized spacial score (nSPS) is 12.1. The van der Waals surface area contributed by atoms with E-state index in [9.17, 15) is 23.1 Å². The Kier molecular flexibility index (Phi) is 6.98. The van der Waals surface area contributed by atoms with Gasteiger partial charge in [0.1, 0.15) is 23.7 Å². The van der Waals surface area contributed by atoms with E-state index in [1.807, 2.05) is 30.3 Å². The van der Waals surface area contributed by atoms with Crippen molar-refractivity contribution in [3.8, 4) is 5.75 Å². The SMILES string of the molecule is CC(C)(O)CCn1cc2cc(NC(=O)c3cccc(C(F)(F)F)n3)c(OCc3ccccc3)cc2n1. The number of fused-ring (bicyclic) bond motifs is 1. The molecule has 188 valence electrons. The number of halogens is 3. The largest absolute Gasteiger partial charge is 0.487 e. The molecular formula is C26H25F3N4O3. The van der Waals surface area contributed by atoms with E-state index in [1.165, 1.54) is 6.07 Å². The molecule has 0 aliphatic carbocycles. The summed E-state index contributed by atoms with van der Waals surface area (Å²) >= 11 is 0. The highest BCUT2D eigenvalue weighted by Crippen LogP contribution is 2.32. The van der Waals surface area contributed by atoms with Crippen LogP contribution in [0.25, 0.3) is 10.9 Å². The number of aryl methyl sites for hydroxylation is 1. The third-order valence-corrected chi connectivity index (χ3v) is 5.36. The Balaban J connectivity index is 1.64. The van der Waals surface area contributed by atoms with Crippen LogP contribution in [0.2, 0.25) is 0 Å². The van der Waals surface area contributed by atoms with Gasteiger partial charge in [0.25, 0.3) is 5.91 Å². The molecule has 0 saturated carbocycles. The zero-order chi connectivity index (χ0) is 25.9. The minimum absolute atomic E-state index is 0.205. The van der Waals surface area contributed by atoms with Gasteiger partial charge in [-0.15, -0.1) is 0 Å². The van der Waals surface area contributed by atoms with E-state index in [0.717, 1.165) is 17.7 Å². The van der Waals surface area contributed by atoms with Gasteiger partial charge in [-0.3, -0.25) is 9.48 Å². The van der Waals surface area contributed by atoms with Gasteiger partial charge in [-0.25, -0.2) is 4.98 Å². The molecule has 2 aromatic carbocycles. The van der Waals surface area contributed by atoms with Crippen LogP contribution in [0.4, 0.5) is 18.9 Å². The van der Waals surface area contributed by atoms with Crippen molar-refractivity contribution in [3.63, 3.8) is 0 Å². The molecule has 0 aliphatic heterocycles. The molecule has 7 nitrogen and oxygen atoms in total. The van der Waals surface area contributed by atoms with Gasteiger partial charge in [-0.1, -0.05) is 36.4 Å². The Labute approximate surface area is 205 Å². The summed E-state index contributed by atoms with van der Waals surface area (Å²) in [5, 5.41) is 17.9. The Morgan fingerprint density at radius 3 is 2.53 bits per heavy atom. The average Bonchev–Trinajstić information content (AvgIpc) is 3.23. The molecule has 0 spiro atoms. The zero-order valence-corrected chi connectivity index (χ0v) is 19.7. The molecule has 4 rings (SSSR count). The molecule has 0 aliphatic rings. The fourth-order valence-corrected chi connectivity index (χ4v) is 3.46. The van der Waals surface area contributed by atoms with Crippen molar-refractivity contribution in [1.82, 2.24) is 14.8 Å². The van der Waals surface area contributed by atoms with Crippen LogP contribution in [0.1, 0.15) is 42.0 Å². The molecule has 0 radical (unpaired) electrons. The fourth-order valence-electron chi connectivity index (χ4n) is 3.46. The number of aliphatic hydroxyl groups is 1. The number of aromatic nitrogens is 3. The van der Waals surface area contributed by atoms with Crippen LogP contribution in [0.15, 0.2) is 66.9 Å². The second-order valence-corrected chi connectivity index (χ2v) is 9.00. The maximum Gasteiger partial charge on any atom is 0.433 e. The molecule has 0 unspecified atom stereocenters. The monoisotopic (exact) mass is 498 g/mol. The maximum atomic E-state index is 13.1. The summed E-state index contributed by atoms with van der Waals surface area (Å²) in [4.78, 5) is 16.3. The first-order valence-electron chi connectivity index (χ1n) is 11.2. The molecule has 10 heteroatoms. The summed E-state index contributed by atoms with van der Waals surface area (Å²) in [5.41, 5.74) is -0.628. The first kappa shape index (κ1) is 25.2. The maximum absolute atomic E-state index is 13.1. The topological polar surface area (TPSA) is 89.3 Å². The van der Waals surface area contributed by atoms with Crippen molar-refractivity contribution >= 4 is 22.5 Å². The second-order valence-electron chi connectivity index (χ2n) is 9.00. The van der Waals surface area contributed by atoms with Crippen LogP contribution < -0.4 is 10.1 Å². The summed E-state index contributed by atoms with van der Waals surface area (Å²) in [6.07, 6.45) is -2.43. The predicted octanol–water partition coefficient (Wildman–Crippen LogP) is 5.44. The first-order chi connectivity index (χ1) is 17.0. The lowest BCUT2D eigenvalue weighted by Gasteiger charge is -2.16. The number of rotatable bonds is 8. The molecule has 4 aromatic rings. The quantitative estimate of drug-likeness (QED) is 0.338. The molecule has 0 atom stereocenters. The van der Waals surface area contributed by atoms with Crippen LogP contribution in [0, 0.1) is 0 Å². The highest BCUT2D eigenvalue weighted by Gasteiger charge is 2.33. The summed E-state index contributed by atoms with van der Waals surface area (Å²) in [6.45, 7) is 4.09. The van der Waals surface area contributed by atoms with Gasteiger partial charge < -0.3 is 15.2 Å². The second kappa shape index (κ2) is 9.98. The fraction of sp³-hybridized carbons (Fsp3) is 0.269. The van der Waals surface area contributed by atoms with Crippen molar-refractivity contribution in [2.45, 2.75) is 45.2 Å². The molecular weight excluding hydrogens is 473 g/mol. The van der Waals surface area contributed by atoms with Crippen molar-refractivity contribution < 1.29 is 27.8 Å². The van der Waals surface area contributed by atoms with Gasteiger partial charge in [0.2, 0.25) is 0 Å². The van der Waals surface area contributed by atoms with E-state index in [0.29, 0.717) is 29.6 Å². The van der Waals surface area contributed by atoms with E-state index >= 15 is 0 Å². The summed E-state index contributed by atoms with van der Waals surface area (Å²) < 4.78 is 46.8. The lowest BCUT2D eigenvalue weighted by atomic mass is 10.1. The lowest BCUT2D eigenvalue weighted by Crippen LogP contribution is -2.21. The Morgan fingerprint density at radius 2 is 1.83 bits per heavy atom. The van der Waals surface area contributed by atoms with Crippen molar-refractivity contribution in [2.24, 2.45) is 0 Å². The van der Waals surface area contributed by atoms with E-state index in [1.54, 1.807) is 36.9 Å². The molecule has 2 aromatic heterocycles. The van der Waals surface area contributed by atoms with Crippen molar-refractivity contribution in [2.75, 3.05) is 5.32 Å². The number of pyridine rings is 1. The molecule has 0 fully saturated rings. The van der Waals surface area contributed by atoms with E-state index < -0.39 is 23.4 Å². The number of ether oxygens (including phenoxy) is 1. The summed E-state index contributed by atoms with van der Waals surface area (Å²) in [5.74, 6) is -0.501. The van der Waals surface area contributed by atoms with Gasteiger partial charge in [-0.05, 0) is 44.0 Å². The highest BCUT2D eigenvalue weighted by molar-refractivity contribution is 6.05. The van der Waals surface area contributed by atoms with Crippen LogP contribution >= 0.6 is 0 Å². The van der Waals surface area contributed by atoms with Crippen LogP contribution in [-0.4, -0.2) is 31.4 Å². The van der Waals surface area contributed by atoms with Gasteiger partial charge >= 0.3 is 6.18 Å². The van der Waals surface area contributed by atoms with Gasteiger partial charge in [-0.2, -0.15) is 18.3 Å². The standard InChI is InChI=1S/C26H25F3N4O3/c1-25(2,35)11-12-33-15-18-13-21(31-24(34)19-9-6-10-23(30-19)26(27,28)29)22(14-20(18)32-33)36-16-17-7-4-3-5-8-17/h3-10,13-15,35H,11-12,16H2,1-2H3,(H,31,34). The molecule has 36 heavy (non-hydrogen) atoms. The van der Waals surface area contributed by atoms with Gasteiger partial charge in [0.15, 0.2) is 0 Å². The Morgan fingerprint density at radius 1 is 1.08 bits per heavy atom. The number of amides is 1. The minimum Gasteiger partial charge on any atom is -0.487 e. The Bertz CT molecular complexity index is 1360. The first-order valence-corrected chi connectivity index (χ1v) is 11.2. The van der Waals surface area contributed by atoms with E-state index in [2.05, 4.69) is 15.4 Å². The smallest absolute Gasteiger partial charge is 0.433 e. The number of carbonyl (C=O) groups is 1. The summed E-state index contributed by atoms with van der Waals surface area (Å²) in [6, 6.07) is 15.8. The van der Waals surface area contributed by atoms with E-state index in [-0.39, 0.29) is 18.0 Å². The third-order valence-electron chi connectivity index (χ3n) is 5.36. The Hall–Kier alpha value is -3.92. The third kappa shape index (κ3) is 6.39. The highest BCUT2D eigenvalue weighted by atomic mass is 19.4. The van der Waals surface area contributed by atoms with Crippen molar-refractivity contribution in [1.29, 1.82) is 0 Å². The molecule has 0 bridgehead atoms. The number of anilines is 1. The number of carbonyl (C=O) groups excluding carboxylic acids is 1. The minimum atomic E-state index is -4.67. The molecule has 2 heterocycles. The zero-order valence-electron chi connectivity index (χ0n) is 19.7. The molecule has 2 N–H and O–H groups in total. The summed E-state index contributed by atoms with van der Waals surface area (Å²) in [7, 11) is 0.